The Bertz CT molecular complexity index is 1080. The van der Waals surface area contributed by atoms with Crippen molar-refractivity contribution < 1.29 is 9.32 Å². The van der Waals surface area contributed by atoms with E-state index in [0.717, 1.165) is 38.3 Å². The van der Waals surface area contributed by atoms with Gasteiger partial charge in [0.05, 0.1) is 11.6 Å². The summed E-state index contributed by atoms with van der Waals surface area (Å²) in [6.07, 6.45) is 1.71. The zero-order valence-corrected chi connectivity index (χ0v) is 18.5. The van der Waals surface area contributed by atoms with Crippen molar-refractivity contribution in [1.82, 2.24) is 19.9 Å². The number of hydrogen-bond donors (Lipinski definition) is 0. The predicted octanol–water partition coefficient (Wildman–Crippen LogP) is 3.93. The monoisotopic (exact) mass is 449 g/mol. The fraction of sp³-hybridized carbons (Fsp3) is 0.333. The maximum Gasteiger partial charge on any atom is 0.226 e. The van der Waals surface area contributed by atoms with Gasteiger partial charge in [-0.15, -0.1) is 0 Å². The quantitative estimate of drug-likeness (QED) is 0.543. The molecular weight excluding hydrogens is 426 g/mol. The van der Waals surface area contributed by atoms with Gasteiger partial charge in [0.2, 0.25) is 17.6 Å². The van der Waals surface area contributed by atoms with E-state index < -0.39 is 0 Å². The van der Waals surface area contributed by atoms with Gasteiger partial charge in [0.15, 0.2) is 0 Å². The van der Waals surface area contributed by atoms with Gasteiger partial charge in [0, 0.05) is 56.2 Å². The van der Waals surface area contributed by atoms with Crippen LogP contribution in [0, 0.1) is 11.3 Å². The number of nitrogens with zero attached hydrogens (tertiary/aromatic N) is 5. The van der Waals surface area contributed by atoms with Gasteiger partial charge in [-0.25, -0.2) is 0 Å². The molecule has 0 saturated carbocycles. The van der Waals surface area contributed by atoms with Crippen LogP contribution in [0.1, 0.15) is 29.9 Å². The number of carbonyl (C=O) groups excluding carboxylic acids is 1. The van der Waals surface area contributed by atoms with Crippen LogP contribution in [-0.4, -0.2) is 52.0 Å². The van der Waals surface area contributed by atoms with Gasteiger partial charge in [-0.05, 0) is 48.4 Å². The lowest BCUT2D eigenvalue weighted by molar-refractivity contribution is -0.133. The van der Waals surface area contributed by atoms with Crippen LogP contribution in [0.3, 0.4) is 0 Å². The fourth-order valence-corrected chi connectivity index (χ4v) is 3.85. The van der Waals surface area contributed by atoms with Gasteiger partial charge in [-0.3, -0.25) is 9.69 Å². The second-order valence-corrected chi connectivity index (χ2v) is 8.27. The van der Waals surface area contributed by atoms with Crippen molar-refractivity contribution in [2.45, 2.75) is 25.8 Å². The molecule has 32 heavy (non-hydrogen) atoms. The summed E-state index contributed by atoms with van der Waals surface area (Å²) in [5.74, 6) is 1.23. The topological polar surface area (TPSA) is 86.3 Å². The summed E-state index contributed by atoms with van der Waals surface area (Å²) >= 11 is 5.91. The summed E-state index contributed by atoms with van der Waals surface area (Å²) in [6, 6.07) is 17.1. The van der Waals surface area contributed by atoms with Crippen LogP contribution < -0.4 is 0 Å². The molecule has 0 unspecified atom stereocenters. The van der Waals surface area contributed by atoms with Gasteiger partial charge in [0.1, 0.15) is 0 Å². The molecule has 1 fully saturated rings. The Hall–Kier alpha value is -3.21. The Balaban J connectivity index is 1.18. The van der Waals surface area contributed by atoms with Gasteiger partial charge < -0.3 is 9.42 Å². The van der Waals surface area contributed by atoms with Crippen molar-refractivity contribution in [3.8, 4) is 17.5 Å². The second-order valence-electron chi connectivity index (χ2n) is 7.84. The molecular formula is C24H24ClN5O2. The highest BCUT2D eigenvalue weighted by atomic mass is 35.5. The Kier molecular flexibility index (Phi) is 7.15. The molecule has 0 spiro atoms. The van der Waals surface area contributed by atoms with E-state index in [0.29, 0.717) is 41.6 Å². The van der Waals surface area contributed by atoms with Crippen LogP contribution in [0.2, 0.25) is 5.02 Å². The number of aromatic nitrogens is 2. The molecule has 1 aliphatic rings. The summed E-state index contributed by atoms with van der Waals surface area (Å²) in [7, 11) is 0. The van der Waals surface area contributed by atoms with Crippen LogP contribution in [0.25, 0.3) is 11.4 Å². The molecule has 2 heterocycles. The van der Waals surface area contributed by atoms with Gasteiger partial charge in [-0.2, -0.15) is 10.2 Å². The summed E-state index contributed by atoms with van der Waals surface area (Å²) in [6.45, 7) is 3.99. The number of aryl methyl sites for hydroxylation is 1. The van der Waals surface area contributed by atoms with Crippen molar-refractivity contribution in [3.05, 3.63) is 70.6 Å². The molecule has 1 aromatic heterocycles. The van der Waals surface area contributed by atoms with Gasteiger partial charge >= 0.3 is 0 Å². The van der Waals surface area contributed by atoms with E-state index in [1.54, 1.807) is 12.1 Å². The maximum atomic E-state index is 12.6. The predicted molar refractivity (Wildman–Crippen MR) is 121 cm³/mol. The number of rotatable bonds is 7. The molecule has 0 radical (unpaired) electrons. The first-order valence-electron chi connectivity index (χ1n) is 10.7. The third-order valence-corrected chi connectivity index (χ3v) is 5.82. The molecule has 164 valence electrons. The smallest absolute Gasteiger partial charge is 0.226 e. The Morgan fingerprint density at radius 1 is 1.06 bits per heavy atom. The lowest BCUT2D eigenvalue weighted by atomic mass is 10.1. The lowest BCUT2D eigenvalue weighted by Gasteiger charge is -2.34. The average Bonchev–Trinajstić information content (AvgIpc) is 3.29. The summed E-state index contributed by atoms with van der Waals surface area (Å²) in [4.78, 5) is 21.3. The number of nitriles is 1. The number of piperazine rings is 1. The standard InChI is InChI=1S/C24H24ClN5O2/c25-21-10-8-20(9-11-21)24-27-22(32-28-24)2-1-3-23(31)30-14-12-29(13-15-30)17-19-6-4-18(16-26)5-7-19/h4-11H,1-3,12-15,17H2. The van der Waals surface area contributed by atoms with Crippen LogP contribution in [0.5, 0.6) is 0 Å². The van der Waals surface area contributed by atoms with E-state index in [4.69, 9.17) is 21.4 Å². The molecule has 2 aromatic carbocycles. The second kappa shape index (κ2) is 10.4. The average molecular weight is 450 g/mol. The molecule has 7 nitrogen and oxygen atoms in total. The molecule has 1 saturated heterocycles. The van der Waals surface area contributed by atoms with Crippen LogP contribution in [0.4, 0.5) is 0 Å². The fourth-order valence-electron chi connectivity index (χ4n) is 3.72. The van der Waals surface area contributed by atoms with E-state index in [-0.39, 0.29) is 5.91 Å². The SMILES string of the molecule is N#Cc1ccc(CN2CCN(C(=O)CCCc3nc(-c4ccc(Cl)cc4)no3)CC2)cc1. The molecule has 4 rings (SSSR count). The molecule has 0 aliphatic carbocycles. The van der Waals surface area contributed by atoms with E-state index in [9.17, 15) is 4.79 Å². The highest BCUT2D eigenvalue weighted by Gasteiger charge is 2.21. The Labute approximate surface area is 192 Å². The third kappa shape index (κ3) is 5.72. The van der Waals surface area contributed by atoms with Gasteiger partial charge in [-0.1, -0.05) is 28.9 Å². The number of carbonyl (C=O) groups is 1. The zero-order valence-electron chi connectivity index (χ0n) is 17.7. The zero-order chi connectivity index (χ0) is 22.3. The minimum atomic E-state index is 0.167. The third-order valence-electron chi connectivity index (χ3n) is 5.57. The van der Waals surface area contributed by atoms with Gasteiger partial charge in [0.25, 0.3) is 0 Å². The van der Waals surface area contributed by atoms with Crippen molar-refractivity contribution in [1.29, 1.82) is 5.26 Å². The van der Waals surface area contributed by atoms with Crippen LogP contribution in [-0.2, 0) is 17.8 Å². The Morgan fingerprint density at radius 3 is 2.47 bits per heavy atom. The molecule has 3 aromatic rings. The molecule has 8 heteroatoms. The molecule has 1 aliphatic heterocycles. The number of halogens is 1. The van der Waals surface area contributed by atoms with Crippen molar-refractivity contribution in [2.24, 2.45) is 0 Å². The first kappa shape index (κ1) is 22.0. The van der Waals surface area contributed by atoms with E-state index in [2.05, 4.69) is 21.1 Å². The first-order valence-corrected chi connectivity index (χ1v) is 11.1. The molecule has 0 bridgehead atoms. The van der Waals surface area contributed by atoms with Crippen molar-refractivity contribution >= 4 is 17.5 Å². The maximum absolute atomic E-state index is 12.6. The molecule has 1 amide bonds. The number of amides is 1. The molecule has 0 N–H and O–H groups in total. The van der Waals surface area contributed by atoms with Crippen LogP contribution >= 0.6 is 11.6 Å². The van der Waals surface area contributed by atoms with Crippen LogP contribution in [0.15, 0.2) is 53.1 Å². The Morgan fingerprint density at radius 2 is 1.78 bits per heavy atom. The lowest BCUT2D eigenvalue weighted by Crippen LogP contribution is -2.48. The highest BCUT2D eigenvalue weighted by Crippen LogP contribution is 2.19. The summed E-state index contributed by atoms with van der Waals surface area (Å²) < 4.78 is 5.32. The van der Waals surface area contributed by atoms with Crippen molar-refractivity contribution in [3.63, 3.8) is 0 Å². The first-order chi connectivity index (χ1) is 15.6. The highest BCUT2D eigenvalue weighted by molar-refractivity contribution is 6.30. The summed E-state index contributed by atoms with van der Waals surface area (Å²) in [5, 5.41) is 13.6. The van der Waals surface area contributed by atoms with Crippen molar-refractivity contribution in [2.75, 3.05) is 26.2 Å². The normalized spacial score (nSPS) is 14.3. The largest absolute Gasteiger partial charge is 0.340 e. The van der Waals surface area contributed by atoms with E-state index in [1.165, 1.54) is 5.56 Å². The summed E-state index contributed by atoms with van der Waals surface area (Å²) in [5.41, 5.74) is 2.70. The molecule has 0 atom stereocenters. The number of hydrogen-bond acceptors (Lipinski definition) is 6. The minimum absolute atomic E-state index is 0.167. The number of benzene rings is 2. The van der Waals surface area contributed by atoms with E-state index >= 15 is 0 Å². The van der Waals surface area contributed by atoms with E-state index in [1.807, 2.05) is 41.3 Å². The minimum Gasteiger partial charge on any atom is -0.340 e.